The molecule has 1 aliphatic carbocycles. The maximum atomic E-state index is 11.2. The van der Waals surface area contributed by atoms with Gasteiger partial charge in [0.05, 0.1) is 18.6 Å². The summed E-state index contributed by atoms with van der Waals surface area (Å²) in [5, 5.41) is 17.7. The fourth-order valence-corrected chi connectivity index (χ4v) is 1.40. The number of aliphatic hydroxyl groups is 2. The first-order valence-corrected chi connectivity index (χ1v) is 4.10. The second kappa shape index (κ2) is 3.41. The van der Waals surface area contributed by atoms with Crippen LogP contribution in [-0.2, 0) is 9.53 Å². The molecule has 1 saturated carbocycles. The average Bonchev–Trinajstić information content (AvgIpc) is 2.80. The first-order chi connectivity index (χ1) is 5.71. The van der Waals surface area contributed by atoms with Crippen LogP contribution in [-0.4, -0.2) is 36.0 Å². The summed E-state index contributed by atoms with van der Waals surface area (Å²) in [6.07, 6.45) is 0.541. The minimum Gasteiger partial charge on any atom is -0.465 e. The molecule has 0 unspecified atom stereocenters. The molecule has 0 spiro atoms. The fourth-order valence-electron chi connectivity index (χ4n) is 1.40. The van der Waals surface area contributed by atoms with E-state index < -0.39 is 5.41 Å². The van der Waals surface area contributed by atoms with Crippen molar-refractivity contribution in [1.29, 1.82) is 0 Å². The number of hydrogen-bond acceptors (Lipinski definition) is 4. The van der Waals surface area contributed by atoms with Crippen molar-refractivity contribution in [2.75, 3.05) is 19.8 Å². The predicted molar refractivity (Wildman–Crippen MR) is 41.3 cm³/mol. The number of hydrogen-bond donors (Lipinski definition) is 2. The summed E-state index contributed by atoms with van der Waals surface area (Å²) in [7, 11) is 0. The zero-order valence-corrected chi connectivity index (χ0v) is 7.12. The van der Waals surface area contributed by atoms with E-state index in [2.05, 4.69) is 0 Å². The smallest absolute Gasteiger partial charge is 0.314 e. The molecule has 0 aliphatic heterocycles. The van der Waals surface area contributed by atoms with Crippen molar-refractivity contribution in [2.45, 2.75) is 13.3 Å². The van der Waals surface area contributed by atoms with Crippen LogP contribution in [0, 0.1) is 11.3 Å². The van der Waals surface area contributed by atoms with Crippen molar-refractivity contribution in [3.63, 3.8) is 0 Å². The van der Waals surface area contributed by atoms with Crippen molar-refractivity contribution in [3.05, 3.63) is 0 Å². The summed E-state index contributed by atoms with van der Waals surface area (Å²) in [6, 6.07) is 0. The quantitative estimate of drug-likeness (QED) is 0.566. The third-order valence-corrected chi connectivity index (χ3v) is 2.42. The van der Waals surface area contributed by atoms with E-state index >= 15 is 0 Å². The molecule has 0 aromatic rings. The molecule has 0 amide bonds. The topological polar surface area (TPSA) is 66.8 Å². The van der Waals surface area contributed by atoms with Crippen LogP contribution in [0.25, 0.3) is 0 Å². The number of esters is 1. The monoisotopic (exact) mass is 174 g/mol. The summed E-state index contributed by atoms with van der Waals surface area (Å²) < 4.78 is 4.78. The van der Waals surface area contributed by atoms with E-state index in [1.165, 1.54) is 0 Å². The SMILES string of the molecule is CCOC(=O)[C@]1(CO)C[C@H]1CO. The molecule has 0 heterocycles. The molecule has 70 valence electrons. The summed E-state index contributed by atoms with van der Waals surface area (Å²) in [5.74, 6) is -0.492. The van der Waals surface area contributed by atoms with E-state index in [4.69, 9.17) is 14.9 Å². The molecular weight excluding hydrogens is 160 g/mol. The van der Waals surface area contributed by atoms with Crippen LogP contribution in [0.15, 0.2) is 0 Å². The molecule has 0 saturated heterocycles. The van der Waals surface area contributed by atoms with Crippen LogP contribution in [0.4, 0.5) is 0 Å². The largest absolute Gasteiger partial charge is 0.465 e. The van der Waals surface area contributed by atoms with Gasteiger partial charge in [0.25, 0.3) is 0 Å². The lowest BCUT2D eigenvalue weighted by atomic mass is 10.1. The van der Waals surface area contributed by atoms with E-state index in [1.807, 2.05) is 0 Å². The van der Waals surface area contributed by atoms with Gasteiger partial charge in [-0.3, -0.25) is 4.79 Å². The highest BCUT2D eigenvalue weighted by Crippen LogP contribution is 2.52. The van der Waals surface area contributed by atoms with E-state index in [0.717, 1.165) is 0 Å². The van der Waals surface area contributed by atoms with Gasteiger partial charge in [-0.15, -0.1) is 0 Å². The molecular formula is C8H14O4. The normalized spacial score (nSPS) is 33.1. The van der Waals surface area contributed by atoms with Gasteiger partial charge in [0.1, 0.15) is 0 Å². The average molecular weight is 174 g/mol. The Kier molecular flexibility index (Phi) is 2.69. The van der Waals surface area contributed by atoms with Crippen molar-refractivity contribution in [1.82, 2.24) is 0 Å². The van der Waals surface area contributed by atoms with Gasteiger partial charge in [-0.2, -0.15) is 0 Å². The summed E-state index contributed by atoms with van der Waals surface area (Å²) in [4.78, 5) is 11.2. The van der Waals surface area contributed by atoms with Crippen LogP contribution < -0.4 is 0 Å². The Bertz CT molecular complexity index is 180. The number of carbonyl (C=O) groups excluding carboxylic acids is 1. The lowest BCUT2D eigenvalue weighted by Crippen LogP contribution is -2.25. The number of aliphatic hydroxyl groups excluding tert-OH is 2. The molecule has 1 rings (SSSR count). The highest BCUT2D eigenvalue weighted by Gasteiger charge is 2.60. The van der Waals surface area contributed by atoms with E-state index in [1.54, 1.807) is 6.92 Å². The Morgan fingerprint density at radius 1 is 1.67 bits per heavy atom. The molecule has 4 nitrogen and oxygen atoms in total. The van der Waals surface area contributed by atoms with Crippen LogP contribution in [0.2, 0.25) is 0 Å². The Labute approximate surface area is 71.2 Å². The maximum Gasteiger partial charge on any atom is 0.314 e. The van der Waals surface area contributed by atoms with Gasteiger partial charge in [-0.1, -0.05) is 0 Å². The van der Waals surface area contributed by atoms with Gasteiger partial charge in [0, 0.05) is 12.5 Å². The Morgan fingerprint density at radius 3 is 2.67 bits per heavy atom. The second-order valence-electron chi connectivity index (χ2n) is 3.12. The Morgan fingerprint density at radius 2 is 2.33 bits per heavy atom. The van der Waals surface area contributed by atoms with E-state index in [0.29, 0.717) is 13.0 Å². The molecule has 2 N–H and O–H groups in total. The molecule has 0 aromatic heterocycles. The molecule has 4 heteroatoms. The van der Waals surface area contributed by atoms with Gasteiger partial charge in [0.15, 0.2) is 0 Å². The third kappa shape index (κ3) is 1.32. The minimum absolute atomic E-state index is 0.0562. The molecule has 1 fully saturated rings. The first-order valence-electron chi connectivity index (χ1n) is 4.10. The molecule has 0 bridgehead atoms. The molecule has 0 aromatic carbocycles. The van der Waals surface area contributed by atoms with E-state index in [-0.39, 0.29) is 25.1 Å². The van der Waals surface area contributed by atoms with Gasteiger partial charge < -0.3 is 14.9 Å². The molecule has 0 radical (unpaired) electrons. The first kappa shape index (κ1) is 9.48. The minimum atomic E-state index is -0.787. The lowest BCUT2D eigenvalue weighted by Gasteiger charge is -2.11. The predicted octanol–water partition coefficient (Wildman–Crippen LogP) is -0.460. The second-order valence-corrected chi connectivity index (χ2v) is 3.12. The van der Waals surface area contributed by atoms with Gasteiger partial charge >= 0.3 is 5.97 Å². The Hall–Kier alpha value is -0.610. The molecule has 2 atom stereocenters. The lowest BCUT2D eigenvalue weighted by molar-refractivity contribution is -0.152. The molecule has 1 aliphatic rings. The van der Waals surface area contributed by atoms with Crippen molar-refractivity contribution in [3.8, 4) is 0 Å². The highest BCUT2D eigenvalue weighted by atomic mass is 16.5. The number of ether oxygens (including phenoxy) is 1. The van der Waals surface area contributed by atoms with Crippen LogP contribution >= 0.6 is 0 Å². The fraction of sp³-hybridized carbons (Fsp3) is 0.875. The van der Waals surface area contributed by atoms with Gasteiger partial charge in [0.2, 0.25) is 0 Å². The van der Waals surface area contributed by atoms with Crippen LogP contribution in [0.1, 0.15) is 13.3 Å². The maximum absolute atomic E-state index is 11.2. The molecule has 12 heavy (non-hydrogen) atoms. The zero-order chi connectivity index (χ0) is 9.19. The van der Waals surface area contributed by atoms with E-state index in [9.17, 15) is 4.79 Å². The highest BCUT2D eigenvalue weighted by molar-refractivity contribution is 5.80. The Balaban J connectivity index is 2.53. The van der Waals surface area contributed by atoms with Crippen molar-refractivity contribution < 1.29 is 19.7 Å². The van der Waals surface area contributed by atoms with Crippen molar-refractivity contribution in [2.24, 2.45) is 11.3 Å². The number of carbonyl (C=O) groups is 1. The van der Waals surface area contributed by atoms with Crippen LogP contribution in [0.3, 0.4) is 0 Å². The summed E-state index contributed by atoms with van der Waals surface area (Å²) in [5.41, 5.74) is -0.787. The zero-order valence-electron chi connectivity index (χ0n) is 7.12. The summed E-state index contributed by atoms with van der Waals surface area (Å²) in [6.45, 7) is 1.76. The third-order valence-electron chi connectivity index (χ3n) is 2.42. The number of rotatable bonds is 4. The van der Waals surface area contributed by atoms with Gasteiger partial charge in [-0.05, 0) is 13.3 Å². The van der Waals surface area contributed by atoms with Gasteiger partial charge in [-0.25, -0.2) is 0 Å². The van der Waals surface area contributed by atoms with Crippen LogP contribution in [0.5, 0.6) is 0 Å². The standard InChI is InChI=1S/C8H14O4/c1-2-12-7(11)8(5-10)3-6(8)4-9/h6,9-10H,2-5H2,1H3/t6-,8-/m0/s1. The van der Waals surface area contributed by atoms with Crippen molar-refractivity contribution >= 4 is 5.97 Å². The summed E-state index contributed by atoms with van der Waals surface area (Å²) >= 11 is 0.